The minimum atomic E-state index is -1.20. The molecule has 0 amide bonds. The summed E-state index contributed by atoms with van der Waals surface area (Å²) in [6.07, 6.45) is 0. The molecule has 100 valence electrons. The number of esters is 2. The first-order valence-electron chi connectivity index (χ1n) is 6.12. The van der Waals surface area contributed by atoms with Crippen LogP contribution < -0.4 is 0 Å². The third kappa shape index (κ3) is 1.16. The molecule has 2 saturated carbocycles. The van der Waals surface area contributed by atoms with Crippen LogP contribution in [0.1, 0.15) is 27.7 Å². The molecule has 0 aromatic rings. The summed E-state index contributed by atoms with van der Waals surface area (Å²) >= 11 is 0. The molecule has 0 aliphatic heterocycles. The predicted molar refractivity (Wildman–Crippen MR) is 65.6 cm³/mol. The Balaban J connectivity index is 2.59. The van der Waals surface area contributed by atoms with Gasteiger partial charge in [-0.25, -0.2) is 0 Å². The molecule has 2 aliphatic carbocycles. The molecule has 0 bridgehead atoms. The maximum absolute atomic E-state index is 12.2. The van der Waals surface area contributed by atoms with Crippen LogP contribution >= 0.6 is 0 Å². The van der Waals surface area contributed by atoms with Crippen molar-refractivity contribution >= 4 is 11.9 Å². The highest BCUT2D eigenvalue weighted by Crippen LogP contribution is 2.82. The third-order valence-corrected chi connectivity index (χ3v) is 4.58. The van der Waals surface area contributed by atoms with E-state index in [9.17, 15) is 9.59 Å². The van der Waals surface area contributed by atoms with Gasteiger partial charge in [0.05, 0.1) is 14.2 Å². The van der Waals surface area contributed by atoms with Crippen LogP contribution in [0.25, 0.3) is 0 Å². The van der Waals surface area contributed by atoms with Gasteiger partial charge >= 0.3 is 11.9 Å². The van der Waals surface area contributed by atoms with Gasteiger partial charge in [-0.1, -0.05) is 19.4 Å². The molecule has 0 saturated heterocycles. The summed E-state index contributed by atoms with van der Waals surface area (Å²) in [4.78, 5) is 24.4. The quantitative estimate of drug-likeness (QED) is 0.428. The van der Waals surface area contributed by atoms with Crippen LogP contribution in [0.3, 0.4) is 0 Å². The van der Waals surface area contributed by atoms with Crippen LogP contribution in [-0.2, 0) is 19.1 Å². The smallest absolute Gasteiger partial charge is 0.327 e. The second-order valence-electron chi connectivity index (χ2n) is 5.98. The Morgan fingerprint density at radius 3 is 1.83 bits per heavy atom. The maximum atomic E-state index is 12.2. The molecule has 0 spiro atoms. The van der Waals surface area contributed by atoms with Crippen molar-refractivity contribution in [1.82, 2.24) is 0 Å². The first kappa shape index (κ1) is 13.1. The third-order valence-electron chi connectivity index (χ3n) is 4.58. The zero-order valence-electron chi connectivity index (χ0n) is 11.8. The summed E-state index contributed by atoms with van der Waals surface area (Å²) < 4.78 is 9.75. The van der Waals surface area contributed by atoms with Gasteiger partial charge in [-0.2, -0.15) is 0 Å². The fourth-order valence-electron chi connectivity index (χ4n) is 3.89. The second-order valence-corrected chi connectivity index (χ2v) is 5.98. The second kappa shape index (κ2) is 3.59. The first-order valence-corrected chi connectivity index (χ1v) is 6.12. The molecule has 4 heteroatoms. The SMILES string of the molecule is COC(=O)C1(C(=O)OC)C(=C(C)C)C2C1C2(C)C. The van der Waals surface area contributed by atoms with Crippen molar-refractivity contribution < 1.29 is 19.1 Å². The van der Waals surface area contributed by atoms with Crippen LogP contribution in [0.15, 0.2) is 11.1 Å². The summed E-state index contributed by atoms with van der Waals surface area (Å²) in [6, 6.07) is 0. The van der Waals surface area contributed by atoms with E-state index in [0.717, 1.165) is 11.1 Å². The van der Waals surface area contributed by atoms with Crippen molar-refractivity contribution in [2.75, 3.05) is 14.2 Å². The molecule has 2 fully saturated rings. The van der Waals surface area contributed by atoms with E-state index in [-0.39, 0.29) is 11.3 Å². The molecule has 18 heavy (non-hydrogen) atoms. The number of hydrogen-bond donors (Lipinski definition) is 0. The van der Waals surface area contributed by atoms with Gasteiger partial charge in [0.2, 0.25) is 0 Å². The lowest BCUT2D eigenvalue weighted by Crippen LogP contribution is -2.51. The number of ether oxygens (including phenoxy) is 2. The lowest BCUT2D eigenvalue weighted by Gasteiger charge is -2.39. The van der Waals surface area contributed by atoms with Crippen LogP contribution in [0.2, 0.25) is 0 Å². The number of methoxy groups -OCH3 is 2. The molecular formula is C14H20O4. The van der Waals surface area contributed by atoms with Gasteiger partial charge < -0.3 is 9.47 Å². The fourth-order valence-corrected chi connectivity index (χ4v) is 3.89. The van der Waals surface area contributed by atoms with Crippen LogP contribution in [0, 0.1) is 22.7 Å². The molecule has 4 nitrogen and oxygen atoms in total. The van der Waals surface area contributed by atoms with E-state index < -0.39 is 17.4 Å². The molecule has 2 aliphatic rings. The van der Waals surface area contributed by atoms with E-state index in [1.54, 1.807) is 0 Å². The van der Waals surface area contributed by atoms with Crippen molar-refractivity contribution in [2.24, 2.45) is 22.7 Å². The van der Waals surface area contributed by atoms with Crippen molar-refractivity contribution in [3.05, 3.63) is 11.1 Å². The zero-order chi connectivity index (χ0) is 13.9. The van der Waals surface area contributed by atoms with Crippen LogP contribution in [0.4, 0.5) is 0 Å². The Morgan fingerprint density at radius 1 is 1.06 bits per heavy atom. The van der Waals surface area contributed by atoms with Crippen LogP contribution in [0.5, 0.6) is 0 Å². The lowest BCUT2D eigenvalue weighted by atomic mass is 9.62. The van der Waals surface area contributed by atoms with Crippen molar-refractivity contribution in [3.8, 4) is 0 Å². The van der Waals surface area contributed by atoms with E-state index in [1.165, 1.54) is 14.2 Å². The predicted octanol–water partition coefficient (Wildman–Crippen LogP) is 1.94. The van der Waals surface area contributed by atoms with Gasteiger partial charge in [0.15, 0.2) is 5.41 Å². The van der Waals surface area contributed by atoms with Gasteiger partial charge in [-0.15, -0.1) is 0 Å². The summed E-state index contributed by atoms with van der Waals surface area (Å²) in [5.41, 5.74) is 0.680. The highest BCUT2D eigenvalue weighted by molar-refractivity contribution is 6.08. The van der Waals surface area contributed by atoms with Gasteiger partial charge in [-0.05, 0) is 30.8 Å². The average Bonchev–Trinajstić information content (AvgIpc) is 2.74. The summed E-state index contributed by atoms with van der Waals surface area (Å²) in [7, 11) is 2.64. The van der Waals surface area contributed by atoms with E-state index in [4.69, 9.17) is 9.47 Å². The molecule has 2 rings (SSSR count). The number of fused-ring (bicyclic) bond motifs is 1. The fraction of sp³-hybridized carbons (Fsp3) is 0.714. The van der Waals surface area contributed by atoms with Crippen molar-refractivity contribution in [3.63, 3.8) is 0 Å². The summed E-state index contributed by atoms with van der Waals surface area (Å²) in [5.74, 6) is -0.662. The number of carbonyl (C=O) groups excluding carboxylic acids is 2. The largest absolute Gasteiger partial charge is 0.468 e. The minimum Gasteiger partial charge on any atom is -0.468 e. The normalized spacial score (nSPS) is 29.8. The van der Waals surface area contributed by atoms with E-state index in [0.29, 0.717) is 5.92 Å². The Kier molecular flexibility index (Phi) is 2.62. The van der Waals surface area contributed by atoms with E-state index in [1.807, 2.05) is 13.8 Å². The highest BCUT2D eigenvalue weighted by Gasteiger charge is 2.85. The molecule has 0 aromatic heterocycles. The first-order chi connectivity index (χ1) is 8.27. The zero-order valence-corrected chi connectivity index (χ0v) is 11.8. The average molecular weight is 252 g/mol. The highest BCUT2D eigenvalue weighted by atomic mass is 16.5. The molecule has 0 N–H and O–H groups in total. The van der Waals surface area contributed by atoms with E-state index >= 15 is 0 Å². The summed E-state index contributed by atoms with van der Waals surface area (Å²) in [6.45, 7) is 8.03. The number of carbonyl (C=O) groups is 2. The molecular weight excluding hydrogens is 232 g/mol. The number of hydrogen-bond acceptors (Lipinski definition) is 4. The monoisotopic (exact) mass is 252 g/mol. The Hall–Kier alpha value is -1.32. The molecule has 0 radical (unpaired) electrons. The van der Waals surface area contributed by atoms with Gasteiger partial charge in [0, 0.05) is 5.92 Å². The molecule has 0 heterocycles. The lowest BCUT2D eigenvalue weighted by molar-refractivity contribution is -0.171. The minimum absolute atomic E-state index is 0.00907. The van der Waals surface area contributed by atoms with Gasteiger partial charge in [0.25, 0.3) is 0 Å². The topological polar surface area (TPSA) is 52.6 Å². The standard InChI is InChI=1S/C14H20O4/c1-7(2)8-9-10(13(9,3)4)14(8,11(15)17-5)12(16)18-6/h9-10H,1-6H3. The van der Waals surface area contributed by atoms with Gasteiger partial charge in [-0.3, -0.25) is 9.59 Å². The molecule has 2 atom stereocenters. The summed E-state index contributed by atoms with van der Waals surface area (Å²) in [5, 5.41) is 0. The van der Waals surface area contributed by atoms with Gasteiger partial charge in [0.1, 0.15) is 0 Å². The number of allylic oxidation sites excluding steroid dienone is 1. The van der Waals surface area contributed by atoms with Crippen molar-refractivity contribution in [1.29, 1.82) is 0 Å². The van der Waals surface area contributed by atoms with Crippen LogP contribution in [-0.4, -0.2) is 26.2 Å². The Bertz CT molecular complexity index is 438. The molecule has 0 aromatic carbocycles. The van der Waals surface area contributed by atoms with Crippen molar-refractivity contribution in [2.45, 2.75) is 27.7 Å². The Labute approximate surface area is 107 Å². The number of rotatable bonds is 2. The van der Waals surface area contributed by atoms with E-state index in [2.05, 4.69) is 13.8 Å². The molecule has 2 unspecified atom stereocenters. The Morgan fingerprint density at radius 2 is 1.50 bits per heavy atom. The maximum Gasteiger partial charge on any atom is 0.327 e.